The summed E-state index contributed by atoms with van der Waals surface area (Å²) < 4.78 is 19.7. The molecule has 4 heteroatoms. The summed E-state index contributed by atoms with van der Waals surface area (Å²) in [7, 11) is 0. The highest BCUT2D eigenvalue weighted by atomic mass is 127. The Hall–Kier alpha value is -1.30. The summed E-state index contributed by atoms with van der Waals surface area (Å²) in [6, 6.07) is 9.82. The highest BCUT2D eigenvalue weighted by molar-refractivity contribution is 14.1. The van der Waals surface area contributed by atoms with E-state index < -0.39 is 0 Å². The van der Waals surface area contributed by atoms with E-state index in [9.17, 15) is 4.39 Å². The molecule has 0 saturated heterocycles. The molecular formula is C13H11FINO. The molecule has 0 aliphatic heterocycles. The third-order valence-corrected chi connectivity index (χ3v) is 3.17. The molecule has 2 aromatic rings. The molecule has 2 N–H and O–H groups in total. The highest BCUT2D eigenvalue weighted by Gasteiger charge is 2.06. The Morgan fingerprint density at radius 1 is 1.12 bits per heavy atom. The molecule has 0 bridgehead atoms. The van der Waals surface area contributed by atoms with Crippen molar-refractivity contribution >= 4 is 28.3 Å². The smallest absolute Gasteiger partial charge is 0.140 e. The minimum atomic E-state index is -0.309. The Kier molecular flexibility index (Phi) is 3.51. The zero-order chi connectivity index (χ0) is 12.4. The second-order valence-electron chi connectivity index (χ2n) is 3.70. The Morgan fingerprint density at radius 3 is 2.59 bits per heavy atom. The fourth-order valence-corrected chi connectivity index (χ4v) is 2.05. The number of benzene rings is 2. The summed E-state index contributed by atoms with van der Waals surface area (Å²) in [5.41, 5.74) is 7.22. The van der Waals surface area contributed by atoms with Crippen LogP contribution >= 0.6 is 22.6 Å². The summed E-state index contributed by atoms with van der Waals surface area (Å²) in [6.07, 6.45) is 0. The van der Waals surface area contributed by atoms with E-state index in [1.807, 2.05) is 13.0 Å². The molecule has 2 rings (SSSR count). The molecule has 2 nitrogen and oxygen atoms in total. The van der Waals surface area contributed by atoms with E-state index in [1.54, 1.807) is 18.2 Å². The molecule has 0 heterocycles. The Labute approximate surface area is 113 Å². The summed E-state index contributed by atoms with van der Waals surface area (Å²) in [4.78, 5) is 0. The second kappa shape index (κ2) is 4.91. The monoisotopic (exact) mass is 343 g/mol. The van der Waals surface area contributed by atoms with Crippen molar-refractivity contribution in [2.24, 2.45) is 0 Å². The van der Waals surface area contributed by atoms with Gasteiger partial charge in [0.25, 0.3) is 0 Å². The maximum atomic E-state index is 13.1. The van der Waals surface area contributed by atoms with Gasteiger partial charge in [-0.3, -0.25) is 0 Å². The van der Waals surface area contributed by atoms with Crippen LogP contribution < -0.4 is 10.5 Å². The van der Waals surface area contributed by atoms with E-state index in [2.05, 4.69) is 22.6 Å². The third kappa shape index (κ3) is 2.88. The van der Waals surface area contributed by atoms with Gasteiger partial charge in [0.15, 0.2) is 0 Å². The van der Waals surface area contributed by atoms with Crippen LogP contribution in [0.1, 0.15) is 5.56 Å². The lowest BCUT2D eigenvalue weighted by atomic mass is 10.2. The van der Waals surface area contributed by atoms with Gasteiger partial charge in [0.1, 0.15) is 17.3 Å². The van der Waals surface area contributed by atoms with Crippen molar-refractivity contribution < 1.29 is 9.13 Å². The van der Waals surface area contributed by atoms with Crippen LogP contribution in [0, 0.1) is 16.3 Å². The molecule has 0 unspecified atom stereocenters. The first-order chi connectivity index (χ1) is 8.06. The number of rotatable bonds is 2. The first-order valence-corrected chi connectivity index (χ1v) is 6.13. The van der Waals surface area contributed by atoms with Crippen LogP contribution in [-0.4, -0.2) is 0 Å². The van der Waals surface area contributed by atoms with Gasteiger partial charge in [-0.15, -0.1) is 0 Å². The average Bonchev–Trinajstić information content (AvgIpc) is 2.27. The molecule has 0 fully saturated rings. The third-order valence-electron chi connectivity index (χ3n) is 2.33. The molecule has 0 amide bonds. The molecule has 0 aliphatic carbocycles. The van der Waals surface area contributed by atoms with Crippen molar-refractivity contribution in [1.82, 2.24) is 0 Å². The van der Waals surface area contributed by atoms with Gasteiger partial charge in [-0.1, -0.05) is 6.07 Å². The molecular weight excluding hydrogens is 332 g/mol. The van der Waals surface area contributed by atoms with Crippen molar-refractivity contribution in [3.8, 4) is 11.5 Å². The number of hydrogen-bond donors (Lipinski definition) is 1. The summed E-state index contributed by atoms with van der Waals surface area (Å²) in [5.74, 6) is 0.886. The number of ether oxygens (including phenoxy) is 1. The minimum absolute atomic E-state index is 0.309. The predicted octanol–water partition coefficient (Wildman–Crippen LogP) is 4.11. The molecule has 2 aromatic carbocycles. The van der Waals surface area contributed by atoms with Crippen LogP contribution in [0.5, 0.6) is 11.5 Å². The van der Waals surface area contributed by atoms with E-state index in [-0.39, 0.29) is 5.82 Å². The van der Waals surface area contributed by atoms with Crippen LogP contribution in [0.2, 0.25) is 0 Å². The van der Waals surface area contributed by atoms with Crippen molar-refractivity contribution in [2.45, 2.75) is 6.92 Å². The van der Waals surface area contributed by atoms with Crippen molar-refractivity contribution in [3.63, 3.8) is 0 Å². The highest BCUT2D eigenvalue weighted by Crippen LogP contribution is 2.30. The van der Waals surface area contributed by atoms with Crippen LogP contribution in [-0.2, 0) is 0 Å². The number of nitrogens with two attached hydrogens (primary N) is 1. The largest absolute Gasteiger partial charge is 0.456 e. The van der Waals surface area contributed by atoms with Crippen molar-refractivity contribution in [3.05, 3.63) is 51.3 Å². The molecule has 0 spiro atoms. The van der Waals surface area contributed by atoms with Gasteiger partial charge < -0.3 is 10.5 Å². The van der Waals surface area contributed by atoms with E-state index in [0.29, 0.717) is 17.2 Å². The lowest BCUT2D eigenvalue weighted by molar-refractivity contribution is 0.470. The summed E-state index contributed by atoms with van der Waals surface area (Å²) in [5, 5.41) is 0. The van der Waals surface area contributed by atoms with Gasteiger partial charge in [0, 0.05) is 11.8 Å². The predicted molar refractivity (Wildman–Crippen MR) is 74.8 cm³/mol. The maximum Gasteiger partial charge on any atom is 0.140 e. The lowest BCUT2D eigenvalue weighted by Gasteiger charge is -2.10. The number of halogens is 2. The molecule has 0 radical (unpaired) electrons. The van der Waals surface area contributed by atoms with Crippen LogP contribution in [0.4, 0.5) is 10.1 Å². The van der Waals surface area contributed by atoms with Gasteiger partial charge in [0.2, 0.25) is 0 Å². The zero-order valence-corrected chi connectivity index (χ0v) is 11.4. The molecule has 0 aromatic heterocycles. The van der Waals surface area contributed by atoms with Crippen LogP contribution in [0.3, 0.4) is 0 Å². The Bertz CT molecular complexity index is 557. The standard InChI is InChI=1S/C13H11FINO/c1-8-2-3-9(14)6-13(8)17-12-5-4-10(16)7-11(12)15/h2-7H,16H2,1H3. The topological polar surface area (TPSA) is 35.2 Å². The van der Waals surface area contributed by atoms with E-state index in [1.165, 1.54) is 12.1 Å². The van der Waals surface area contributed by atoms with E-state index in [0.717, 1.165) is 9.13 Å². The SMILES string of the molecule is Cc1ccc(F)cc1Oc1ccc(N)cc1I. The minimum Gasteiger partial charge on any atom is -0.456 e. The van der Waals surface area contributed by atoms with Gasteiger partial charge in [-0.05, 0) is 59.3 Å². The van der Waals surface area contributed by atoms with Gasteiger partial charge in [-0.25, -0.2) is 4.39 Å². The van der Waals surface area contributed by atoms with Crippen LogP contribution in [0.25, 0.3) is 0 Å². The van der Waals surface area contributed by atoms with E-state index >= 15 is 0 Å². The number of aryl methyl sites for hydroxylation is 1. The fourth-order valence-electron chi connectivity index (χ4n) is 1.40. The molecule has 0 aliphatic rings. The van der Waals surface area contributed by atoms with Crippen LogP contribution in [0.15, 0.2) is 36.4 Å². The first kappa shape index (κ1) is 12.2. The normalized spacial score (nSPS) is 10.3. The Morgan fingerprint density at radius 2 is 1.88 bits per heavy atom. The van der Waals surface area contributed by atoms with Gasteiger partial charge in [0.05, 0.1) is 3.57 Å². The van der Waals surface area contributed by atoms with E-state index in [4.69, 9.17) is 10.5 Å². The quantitative estimate of drug-likeness (QED) is 0.658. The summed E-state index contributed by atoms with van der Waals surface area (Å²) >= 11 is 2.13. The van der Waals surface area contributed by atoms with Crippen molar-refractivity contribution in [1.29, 1.82) is 0 Å². The fraction of sp³-hybridized carbons (Fsp3) is 0.0769. The summed E-state index contributed by atoms with van der Waals surface area (Å²) in [6.45, 7) is 1.87. The zero-order valence-electron chi connectivity index (χ0n) is 9.21. The second-order valence-corrected chi connectivity index (χ2v) is 4.86. The van der Waals surface area contributed by atoms with Gasteiger partial charge in [-0.2, -0.15) is 0 Å². The molecule has 0 atom stereocenters. The number of nitrogen functional groups attached to an aromatic ring is 1. The first-order valence-electron chi connectivity index (χ1n) is 5.05. The lowest BCUT2D eigenvalue weighted by Crippen LogP contribution is -1.92. The molecule has 17 heavy (non-hydrogen) atoms. The van der Waals surface area contributed by atoms with Gasteiger partial charge >= 0.3 is 0 Å². The number of hydrogen-bond acceptors (Lipinski definition) is 2. The molecule has 88 valence electrons. The maximum absolute atomic E-state index is 13.1. The number of anilines is 1. The molecule has 0 saturated carbocycles. The Balaban J connectivity index is 2.34. The average molecular weight is 343 g/mol. The van der Waals surface area contributed by atoms with Crippen molar-refractivity contribution in [2.75, 3.05) is 5.73 Å².